The first-order valence-electron chi connectivity index (χ1n) is 10.00. The van der Waals surface area contributed by atoms with Crippen molar-refractivity contribution in [1.82, 2.24) is 4.98 Å². The minimum atomic E-state index is -0.266. The number of nitrogens with zero attached hydrogens (tertiary/aromatic N) is 1. The second-order valence-electron chi connectivity index (χ2n) is 6.98. The summed E-state index contributed by atoms with van der Waals surface area (Å²) in [6, 6.07) is 20.3. The van der Waals surface area contributed by atoms with Gasteiger partial charge in [-0.2, -0.15) is 0 Å². The summed E-state index contributed by atoms with van der Waals surface area (Å²) in [5.74, 6) is -0.0743. The van der Waals surface area contributed by atoms with Crippen molar-refractivity contribution in [3.63, 3.8) is 0 Å². The van der Waals surface area contributed by atoms with Gasteiger partial charge in [0, 0.05) is 11.4 Å². The van der Waals surface area contributed by atoms with Crippen LogP contribution in [-0.2, 0) is 11.2 Å². The fourth-order valence-electron chi connectivity index (χ4n) is 3.03. The van der Waals surface area contributed by atoms with Crippen molar-refractivity contribution in [3.8, 4) is 0 Å². The van der Waals surface area contributed by atoms with E-state index in [1.54, 1.807) is 30.3 Å². The Bertz CT molecular complexity index is 1270. The van der Waals surface area contributed by atoms with Crippen LogP contribution in [0.3, 0.4) is 0 Å². The van der Waals surface area contributed by atoms with Gasteiger partial charge in [0.05, 0.1) is 26.6 Å². The Balaban J connectivity index is 1.37. The maximum Gasteiger partial charge on any atom is 0.257 e. The lowest BCUT2D eigenvalue weighted by atomic mass is 10.1. The number of anilines is 2. The highest BCUT2D eigenvalue weighted by atomic mass is 35.5. The van der Waals surface area contributed by atoms with E-state index in [1.807, 2.05) is 36.4 Å². The molecule has 32 heavy (non-hydrogen) atoms. The largest absolute Gasteiger partial charge is 0.325 e. The third kappa shape index (κ3) is 5.48. The smallest absolute Gasteiger partial charge is 0.257 e. The van der Waals surface area contributed by atoms with Gasteiger partial charge in [-0.15, -0.1) is 11.3 Å². The maximum atomic E-state index is 12.5. The highest BCUT2D eigenvalue weighted by Crippen LogP contribution is 2.31. The Hall–Kier alpha value is -2.87. The molecule has 0 unspecified atom stereocenters. The molecule has 0 spiro atoms. The summed E-state index contributed by atoms with van der Waals surface area (Å²) in [5.41, 5.74) is 3.93. The molecule has 4 rings (SSSR count). The first kappa shape index (κ1) is 22.3. The summed E-state index contributed by atoms with van der Waals surface area (Å²) in [6.07, 6.45) is 0.965. The molecular formula is C24H20ClN3O2S2. The predicted molar refractivity (Wildman–Crippen MR) is 134 cm³/mol. The zero-order chi connectivity index (χ0) is 22.5. The molecule has 3 aromatic carbocycles. The second-order valence-corrected chi connectivity index (χ2v) is 9.64. The number of thiazole rings is 1. The van der Waals surface area contributed by atoms with Crippen molar-refractivity contribution in [2.24, 2.45) is 0 Å². The number of carbonyl (C=O) groups excluding carboxylic acids is 2. The van der Waals surface area contributed by atoms with Gasteiger partial charge in [0.1, 0.15) is 0 Å². The summed E-state index contributed by atoms with van der Waals surface area (Å²) in [5, 5.41) is 6.18. The van der Waals surface area contributed by atoms with Crippen LogP contribution < -0.4 is 10.6 Å². The van der Waals surface area contributed by atoms with E-state index in [0.29, 0.717) is 16.3 Å². The molecule has 2 amide bonds. The number of thioether (sulfide) groups is 1. The Kier molecular flexibility index (Phi) is 7.09. The molecule has 0 saturated heterocycles. The number of hydrogen-bond donors (Lipinski definition) is 2. The standard InChI is InChI=1S/C24H20ClN3O2S2/c1-2-15-7-9-16(10-8-15)26-22(29)14-31-24-28-20-12-11-17(13-21(20)32-24)27-23(30)18-5-3-4-6-19(18)25/h3-13H,2,14H2,1H3,(H,26,29)(H,27,30). The SMILES string of the molecule is CCc1ccc(NC(=O)CSc2nc3ccc(NC(=O)c4ccccc4Cl)cc3s2)cc1. The summed E-state index contributed by atoms with van der Waals surface area (Å²) >= 11 is 8.98. The van der Waals surface area contributed by atoms with Crippen molar-refractivity contribution in [2.75, 3.05) is 16.4 Å². The third-order valence-corrected chi connectivity index (χ3v) is 7.21. The van der Waals surface area contributed by atoms with Crippen molar-refractivity contribution in [1.29, 1.82) is 0 Å². The fraction of sp³-hybridized carbons (Fsp3) is 0.125. The van der Waals surface area contributed by atoms with Gasteiger partial charge in [-0.3, -0.25) is 9.59 Å². The van der Waals surface area contributed by atoms with Crippen LogP contribution in [0.2, 0.25) is 5.02 Å². The fourth-order valence-corrected chi connectivity index (χ4v) is 5.16. The van der Waals surface area contributed by atoms with Gasteiger partial charge in [-0.05, 0) is 54.4 Å². The molecule has 0 saturated carbocycles. The van der Waals surface area contributed by atoms with Crippen LogP contribution in [0.1, 0.15) is 22.8 Å². The molecule has 162 valence electrons. The van der Waals surface area contributed by atoms with Crippen molar-refractivity contribution in [2.45, 2.75) is 17.7 Å². The number of aryl methyl sites for hydroxylation is 1. The van der Waals surface area contributed by atoms with E-state index in [-0.39, 0.29) is 17.6 Å². The normalized spacial score (nSPS) is 10.8. The average molecular weight is 482 g/mol. The van der Waals surface area contributed by atoms with Gasteiger partial charge in [0.25, 0.3) is 5.91 Å². The van der Waals surface area contributed by atoms with E-state index in [0.717, 1.165) is 26.7 Å². The van der Waals surface area contributed by atoms with Gasteiger partial charge in [0.15, 0.2) is 4.34 Å². The Morgan fingerprint density at radius 3 is 2.50 bits per heavy atom. The third-order valence-electron chi connectivity index (χ3n) is 4.72. The van der Waals surface area contributed by atoms with Gasteiger partial charge >= 0.3 is 0 Å². The number of rotatable bonds is 7. The first-order valence-corrected chi connectivity index (χ1v) is 12.2. The lowest BCUT2D eigenvalue weighted by Crippen LogP contribution is -2.13. The lowest BCUT2D eigenvalue weighted by molar-refractivity contribution is -0.113. The van der Waals surface area contributed by atoms with Crippen LogP contribution in [0.25, 0.3) is 10.2 Å². The van der Waals surface area contributed by atoms with Gasteiger partial charge in [-0.25, -0.2) is 4.98 Å². The van der Waals surface area contributed by atoms with E-state index < -0.39 is 0 Å². The zero-order valence-corrected chi connectivity index (χ0v) is 19.6. The number of fused-ring (bicyclic) bond motifs is 1. The molecule has 0 aliphatic rings. The second kappa shape index (κ2) is 10.2. The van der Waals surface area contributed by atoms with Crippen molar-refractivity contribution < 1.29 is 9.59 Å². The Labute approximate surface area is 199 Å². The molecule has 0 radical (unpaired) electrons. The van der Waals surface area contributed by atoms with Crippen LogP contribution in [0, 0.1) is 0 Å². The predicted octanol–water partition coefficient (Wildman–Crippen LogP) is 6.50. The number of benzene rings is 3. The minimum absolute atomic E-state index is 0.0776. The van der Waals surface area contributed by atoms with E-state index in [2.05, 4.69) is 22.5 Å². The lowest BCUT2D eigenvalue weighted by Gasteiger charge is -2.06. The molecule has 1 heterocycles. The number of amides is 2. The quantitative estimate of drug-likeness (QED) is 0.296. The topological polar surface area (TPSA) is 71.1 Å². The Morgan fingerprint density at radius 1 is 1.00 bits per heavy atom. The van der Waals surface area contributed by atoms with Gasteiger partial charge in [0.2, 0.25) is 5.91 Å². The van der Waals surface area contributed by atoms with Gasteiger partial charge < -0.3 is 10.6 Å². The van der Waals surface area contributed by atoms with Crippen LogP contribution in [0.15, 0.2) is 71.1 Å². The van der Waals surface area contributed by atoms with E-state index in [4.69, 9.17) is 11.6 Å². The van der Waals surface area contributed by atoms with Crippen molar-refractivity contribution >= 4 is 68.1 Å². The number of hydrogen-bond acceptors (Lipinski definition) is 5. The van der Waals surface area contributed by atoms with Crippen LogP contribution in [0.5, 0.6) is 0 Å². The number of carbonyl (C=O) groups is 2. The molecule has 1 aromatic heterocycles. The summed E-state index contributed by atoms with van der Waals surface area (Å²) in [4.78, 5) is 29.3. The molecular weight excluding hydrogens is 462 g/mol. The maximum absolute atomic E-state index is 12.5. The molecule has 0 aliphatic carbocycles. The number of aromatic nitrogens is 1. The van der Waals surface area contributed by atoms with Crippen LogP contribution >= 0.6 is 34.7 Å². The summed E-state index contributed by atoms with van der Waals surface area (Å²) in [7, 11) is 0. The van der Waals surface area contributed by atoms with Crippen molar-refractivity contribution in [3.05, 3.63) is 82.9 Å². The zero-order valence-electron chi connectivity index (χ0n) is 17.2. The molecule has 0 bridgehead atoms. The molecule has 0 aliphatic heterocycles. The first-order chi connectivity index (χ1) is 15.5. The molecule has 2 N–H and O–H groups in total. The molecule has 8 heteroatoms. The van der Waals surface area contributed by atoms with Crippen LogP contribution in [0.4, 0.5) is 11.4 Å². The van der Waals surface area contributed by atoms with E-state index >= 15 is 0 Å². The molecule has 0 fully saturated rings. The van der Waals surface area contributed by atoms with Gasteiger partial charge in [-0.1, -0.05) is 54.6 Å². The monoisotopic (exact) mass is 481 g/mol. The summed E-state index contributed by atoms with van der Waals surface area (Å²) < 4.78 is 1.73. The highest BCUT2D eigenvalue weighted by Gasteiger charge is 2.12. The molecule has 0 atom stereocenters. The molecule has 5 nitrogen and oxygen atoms in total. The number of halogens is 1. The molecule has 4 aromatic rings. The van der Waals surface area contributed by atoms with E-state index in [1.165, 1.54) is 28.7 Å². The minimum Gasteiger partial charge on any atom is -0.325 e. The van der Waals surface area contributed by atoms with Crippen LogP contribution in [-0.4, -0.2) is 22.6 Å². The Morgan fingerprint density at radius 2 is 1.75 bits per heavy atom. The highest BCUT2D eigenvalue weighted by molar-refractivity contribution is 8.01. The number of nitrogens with one attached hydrogen (secondary N) is 2. The average Bonchev–Trinajstić information content (AvgIpc) is 3.21. The summed E-state index contributed by atoms with van der Waals surface area (Å²) in [6.45, 7) is 2.10. The van der Waals surface area contributed by atoms with E-state index in [9.17, 15) is 9.59 Å².